The van der Waals surface area contributed by atoms with Crippen LogP contribution in [0.3, 0.4) is 0 Å². The van der Waals surface area contributed by atoms with Crippen LogP contribution < -0.4 is 15.8 Å². The summed E-state index contributed by atoms with van der Waals surface area (Å²) in [5.74, 6) is 0.680. The molecule has 0 aliphatic heterocycles. The summed E-state index contributed by atoms with van der Waals surface area (Å²) in [5, 5.41) is 5.51. The van der Waals surface area contributed by atoms with Gasteiger partial charge >= 0.3 is 0 Å². The maximum Gasteiger partial charge on any atom is 0.270 e. The van der Waals surface area contributed by atoms with E-state index in [-0.39, 0.29) is 11.9 Å². The van der Waals surface area contributed by atoms with Crippen molar-refractivity contribution < 1.29 is 9.53 Å². The van der Waals surface area contributed by atoms with E-state index in [1.165, 1.54) is 11.3 Å². The standard InChI is InChI=1S/C18H25N3O2S/c1-3-4-8-14(19)18-21-15(12-24-18)17(22)20-11-10-13-7-5-6-9-16(13)23-2/h5-7,9,12,14H,3-4,8,10-11,19H2,1-2H3,(H,20,22). The molecule has 6 heteroatoms. The Morgan fingerprint density at radius 3 is 2.96 bits per heavy atom. The van der Waals surface area contributed by atoms with Crippen molar-refractivity contribution in [2.75, 3.05) is 13.7 Å². The van der Waals surface area contributed by atoms with Gasteiger partial charge in [0.2, 0.25) is 0 Å². The molecule has 1 aromatic carbocycles. The zero-order valence-electron chi connectivity index (χ0n) is 14.2. The number of nitrogens with two attached hydrogens (primary N) is 1. The van der Waals surface area contributed by atoms with Crippen molar-refractivity contribution in [2.45, 2.75) is 38.6 Å². The summed E-state index contributed by atoms with van der Waals surface area (Å²) in [6.45, 7) is 2.67. The number of nitrogens with one attached hydrogen (secondary N) is 1. The summed E-state index contributed by atoms with van der Waals surface area (Å²) < 4.78 is 5.31. The Morgan fingerprint density at radius 2 is 2.21 bits per heavy atom. The summed E-state index contributed by atoms with van der Waals surface area (Å²) in [6, 6.07) is 7.73. The molecule has 1 heterocycles. The highest BCUT2D eigenvalue weighted by Gasteiger charge is 2.14. The molecule has 0 fully saturated rings. The summed E-state index contributed by atoms with van der Waals surface area (Å²) in [7, 11) is 1.65. The fourth-order valence-electron chi connectivity index (χ4n) is 2.42. The lowest BCUT2D eigenvalue weighted by Gasteiger charge is -2.08. The molecule has 0 saturated carbocycles. The molecule has 24 heavy (non-hydrogen) atoms. The largest absolute Gasteiger partial charge is 0.496 e. The van der Waals surface area contributed by atoms with Crippen LogP contribution in [0.1, 0.15) is 53.3 Å². The molecular weight excluding hydrogens is 322 g/mol. The van der Waals surface area contributed by atoms with Crippen LogP contribution in [-0.2, 0) is 6.42 Å². The Balaban J connectivity index is 1.85. The maximum absolute atomic E-state index is 12.2. The average molecular weight is 347 g/mol. The lowest BCUT2D eigenvalue weighted by atomic mass is 10.1. The fourth-order valence-corrected chi connectivity index (χ4v) is 3.26. The van der Waals surface area contributed by atoms with E-state index < -0.39 is 0 Å². The molecule has 5 nitrogen and oxygen atoms in total. The predicted molar refractivity (Wildman–Crippen MR) is 97.6 cm³/mol. The second-order valence-electron chi connectivity index (χ2n) is 5.64. The second kappa shape index (κ2) is 9.39. The third kappa shape index (κ3) is 5.04. The maximum atomic E-state index is 12.2. The number of methoxy groups -OCH3 is 1. The smallest absolute Gasteiger partial charge is 0.270 e. The van der Waals surface area contributed by atoms with E-state index in [2.05, 4.69) is 17.2 Å². The van der Waals surface area contributed by atoms with Crippen molar-refractivity contribution in [1.82, 2.24) is 10.3 Å². The van der Waals surface area contributed by atoms with Gasteiger partial charge in [0.25, 0.3) is 5.91 Å². The van der Waals surface area contributed by atoms with E-state index in [1.807, 2.05) is 24.3 Å². The van der Waals surface area contributed by atoms with E-state index in [1.54, 1.807) is 12.5 Å². The third-order valence-corrected chi connectivity index (χ3v) is 4.79. The van der Waals surface area contributed by atoms with Gasteiger partial charge in [-0.2, -0.15) is 0 Å². The normalized spacial score (nSPS) is 12.0. The average Bonchev–Trinajstić information content (AvgIpc) is 3.10. The van der Waals surface area contributed by atoms with Gasteiger partial charge in [0, 0.05) is 11.9 Å². The van der Waals surface area contributed by atoms with Crippen LogP contribution in [0, 0.1) is 0 Å². The second-order valence-corrected chi connectivity index (χ2v) is 6.53. The lowest BCUT2D eigenvalue weighted by molar-refractivity contribution is 0.0949. The van der Waals surface area contributed by atoms with Gasteiger partial charge in [-0.15, -0.1) is 11.3 Å². The summed E-state index contributed by atoms with van der Waals surface area (Å²) in [6.07, 6.45) is 3.79. The number of carbonyl (C=O) groups is 1. The Morgan fingerprint density at radius 1 is 1.42 bits per heavy atom. The molecule has 130 valence electrons. The molecule has 2 aromatic rings. The number of aromatic nitrogens is 1. The lowest BCUT2D eigenvalue weighted by Crippen LogP contribution is -2.26. The van der Waals surface area contributed by atoms with Gasteiger partial charge < -0.3 is 15.8 Å². The van der Waals surface area contributed by atoms with Gasteiger partial charge in [0.05, 0.1) is 13.2 Å². The summed E-state index contributed by atoms with van der Waals surface area (Å²) >= 11 is 1.46. The first kappa shape index (κ1) is 18.4. The minimum absolute atomic E-state index is 0.0786. The van der Waals surface area contributed by atoms with Gasteiger partial charge in [0.15, 0.2) is 0 Å². The van der Waals surface area contributed by atoms with Gasteiger partial charge in [-0.3, -0.25) is 4.79 Å². The first-order valence-corrected chi connectivity index (χ1v) is 9.14. The van der Waals surface area contributed by atoms with Crippen molar-refractivity contribution in [3.05, 3.63) is 45.9 Å². The van der Waals surface area contributed by atoms with Crippen molar-refractivity contribution in [3.63, 3.8) is 0 Å². The van der Waals surface area contributed by atoms with Crippen molar-refractivity contribution in [2.24, 2.45) is 5.73 Å². The molecule has 0 saturated heterocycles. The first-order valence-electron chi connectivity index (χ1n) is 8.26. The van der Waals surface area contributed by atoms with E-state index >= 15 is 0 Å². The topological polar surface area (TPSA) is 77.2 Å². The van der Waals surface area contributed by atoms with Crippen LogP contribution in [0.25, 0.3) is 0 Å². The minimum Gasteiger partial charge on any atom is -0.496 e. The first-order chi connectivity index (χ1) is 11.7. The van der Waals surface area contributed by atoms with E-state index in [4.69, 9.17) is 10.5 Å². The number of rotatable bonds is 9. The molecule has 0 aliphatic rings. The molecule has 1 atom stereocenters. The molecular formula is C18H25N3O2S. The Kier molecular flexibility index (Phi) is 7.21. The van der Waals surface area contributed by atoms with Crippen LogP contribution in [0.2, 0.25) is 0 Å². The number of ether oxygens (including phenoxy) is 1. The fraction of sp³-hybridized carbons (Fsp3) is 0.444. The Bertz CT molecular complexity index is 657. The predicted octanol–water partition coefficient (Wildman–Crippen LogP) is 3.31. The van der Waals surface area contributed by atoms with Gasteiger partial charge in [-0.05, 0) is 24.5 Å². The summed E-state index contributed by atoms with van der Waals surface area (Å²) in [5.41, 5.74) is 7.62. The number of thiazole rings is 1. The highest BCUT2D eigenvalue weighted by Crippen LogP contribution is 2.21. The third-order valence-electron chi connectivity index (χ3n) is 3.81. The molecule has 0 spiro atoms. The zero-order chi connectivity index (χ0) is 17.4. The SMILES string of the molecule is CCCCC(N)c1nc(C(=O)NCCc2ccccc2OC)cs1. The number of hydrogen-bond acceptors (Lipinski definition) is 5. The van der Waals surface area contributed by atoms with Gasteiger partial charge in [0.1, 0.15) is 16.5 Å². The number of unbranched alkanes of at least 4 members (excludes halogenated alkanes) is 1. The van der Waals surface area contributed by atoms with E-state index in [9.17, 15) is 4.79 Å². The molecule has 3 N–H and O–H groups in total. The summed E-state index contributed by atoms with van der Waals surface area (Å²) in [4.78, 5) is 16.6. The van der Waals surface area contributed by atoms with E-state index in [0.717, 1.165) is 35.6 Å². The van der Waals surface area contributed by atoms with Crippen molar-refractivity contribution in [1.29, 1.82) is 0 Å². The number of amides is 1. The number of benzene rings is 1. The Labute approximate surface area is 147 Å². The number of para-hydroxylation sites is 1. The minimum atomic E-state index is -0.157. The Hall–Kier alpha value is -1.92. The highest BCUT2D eigenvalue weighted by atomic mass is 32.1. The molecule has 2 rings (SSSR count). The molecule has 0 radical (unpaired) electrons. The van der Waals surface area contributed by atoms with Crippen LogP contribution >= 0.6 is 11.3 Å². The molecule has 1 amide bonds. The zero-order valence-corrected chi connectivity index (χ0v) is 15.1. The molecule has 0 bridgehead atoms. The number of carbonyl (C=O) groups excluding carboxylic acids is 1. The molecule has 1 unspecified atom stereocenters. The van der Waals surface area contributed by atoms with Crippen LogP contribution in [-0.4, -0.2) is 24.5 Å². The van der Waals surface area contributed by atoms with Crippen molar-refractivity contribution >= 4 is 17.2 Å². The van der Waals surface area contributed by atoms with Crippen molar-refractivity contribution in [3.8, 4) is 5.75 Å². The van der Waals surface area contributed by atoms with E-state index in [0.29, 0.717) is 18.7 Å². The van der Waals surface area contributed by atoms with Gasteiger partial charge in [-0.25, -0.2) is 4.98 Å². The quantitative estimate of drug-likeness (QED) is 0.729. The van der Waals surface area contributed by atoms with Crippen LogP contribution in [0.15, 0.2) is 29.6 Å². The number of hydrogen-bond donors (Lipinski definition) is 2. The monoisotopic (exact) mass is 347 g/mol. The van der Waals surface area contributed by atoms with Crippen LogP contribution in [0.4, 0.5) is 0 Å². The van der Waals surface area contributed by atoms with Crippen LogP contribution in [0.5, 0.6) is 5.75 Å². The molecule has 0 aliphatic carbocycles. The molecule has 1 aromatic heterocycles. The highest BCUT2D eigenvalue weighted by molar-refractivity contribution is 7.09. The van der Waals surface area contributed by atoms with Gasteiger partial charge in [-0.1, -0.05) is 38.0 Å². The number of nitrogens with zero attached hydrogens (tertiary/aromatic N) is 1.